The summed E-state index contributed by atoms with van der Waals surface area (Å²) in [5, 5.41) is 11.9. The number of aromatic nitrogens is 3. The van der Waals surface area contributed by atoms with E-state index >= 15 is 0 Å². The minimum atomic E-state index is -1.17. The van der Waals surface area contributed by atoms with E-state index in [1.807, 2.05) is 35.8 Å². The lowest BCUT2D eigenvalue weighted by Gasteiger charge is -2.44. The number of ether oxygens (including phenoxy) is 4. The van der Waals surface area contributed by atoms with E-state index in [1.54, 1.807) is 6.08 Å². The van der Waals surface area contributed by atoms with Gasteiger partial charge in [0.2, 0.25) is 5.91 Å². The second-order valence-electron chi connectivity index (χ2n) is 8.91. The number of esters is 3. The molecule has 1 aliphatic heterocycles. The van der Waals surface area contributed by atoms with Crippen LogP contribution in [-0.2, 0) is 44.7 Å². The standard InChI is InChI=1S/C26H32N4O8S/c1-7-12-30-24(19-10-8-14(2)9-11-19)28-29-26(30)39-25-21(27-15(3)31)23(37-18(6)34)22(36-17(5)33)20(38-25)13-35-16(4)32/h7-11,20-23,25H,1,12-13H2,2-6H3,(H,27,31). The smallest absolute Gasteiger partial charge is 0.303 e. The molecule has 5 unspecified atom stereocenters. The van der Waals surface area contributed by atoms with Crippen LogP contribution in [0.3, 0.4) is 0 Å². The molecule has 1 aromatic carbocycles. The van der Waals surface area contributed by atoms with Crippen LogP contribution in [0.4, 0.5) is 0 Å². The SMILES string of the molecule is C=CCn1c(SC2OC(COC(C)=O)C(OC(C)=O)C(OC(C)=O)C2NC(C)=O)nnc1-c1ccc(C)cc1. The van der Waals surface area contributed by atoms with E-state index in [-0.39, 0.29) is 6.61 Å². The van der Waals surface area contributed by atoms with Gasteiger partial charge in [-0.15, -0.1) is 16.8 Å². The molecule has 5 atom stereocenters. The molecule has 1 aromatic heterocycles. The Hall–Kier alpha value is -3.71. The number of carbonyl (C=O) groups excluding carboxylic acids is 4. The Balaban J connectivity index is 2.04. The van der Waals surface area contributed by atoms with Gasteiger partial charge in [0.15, 0.2) is 23.2 Å². The van der Waals surface area contributed by atoms with Gasteiger partial charge in [0.1, 0.15) is 24.2 Å². The summed E-state index contributed by atoms with van der Waals surface area (Å²) in [6.07, 6.45) is -1.65. The second kappa shape index (κ2) is 13.4. The zero-order valence-electron chi connectivity index (χ0n) is 22.4. The number of carbonyl (C=O) groups is 4. The van der Waals surface area contributed by atoms with E-state index in [2.05, 4.69) is 22.1 Å². The first-order valence-electron chi connectivity index (χ1n) is 12.2. The predicted octanol–water partition coefficient (Wildman–Crippen LogP) is 2.19. The van der Waals surface area contributed by atoms with Crippen molar-refractivity contribution in [1.29, 1.82) is 0 Å². The number of allylic oxidation sites excluding steroid dienone is 1. The molecule has 13 heteroatoms. The minimum absolute atomic E-state index is 0.289. The van der Waals surface area contributed by atoms with Gasteiger partial charge in [0.25, 0.3) is 0 Å². The van der Waals surface area contributed by atoms with Crippen molar-refractivity contribution in [3.05, 3.63) is 42.5 Å². The molecule has 39 heavy (non-hydrogen) atoms. The molecule has 1 fully saturated rings. The monoisotopic (exact) mass is 560 g/mol. The first-order chi connectivity index (χ1) is 18.5. The van der Waals surface area contributed by atoms with Crippen LogP contribution in [-0.4, -0.2) is 75.0 Å². The Morgan fingerprint density at radius 3 is 2.23 bits per heavy atom. The highest BCUT2D eigenvalue weighted by Crippen LogP contribution is 2.36. The lowest BCUT2D eigenvalue weighted by atomic mass is 9.97. The highest BCUT2D eigenvalue weighted by atomic mass is 32.2. The summed E-state index contributed by atoms with van der Waals surface area (Å²) in [6.45, 7) is 10.8. The molecular weight excluding hydrogens is 528 g/mol. The number of benzene rings is 1. The zero-order chi connectivity index (χ0) is 28.7. The lowest BCUT2D eigenvalue weighted by Crippen LogP contribution is -2.65. The van der Waals surface area contributed by atoms with Gasteiger partial charge >= 0.3 is 17.9 Å². The van der Waals surface area contributed by atoms with E-state index < -0.39 is 53.6 Å². The van der Waals surface area contributed by atoms with Crippen molar-refractivity contribution in [1.82, 2.24) is 20.1 Å². The van der Waals surface area contributed by atoms with Crippen molar-refractivity contribution < 1.29 is 38.1 Å². The maximum absolute atomic E-state index is 12.2. The van der Waals surface area contributed by atoms with Gasteiger partial charge in [-0.3, -0.25) is 23.7 Å². The third-order valence-corrected chi connectivity index (χ3v) is 6.78. The predicted molar refractivity (Wildman–Crippen MR) is 140 cm³/mol. The third-order valence-electron chi connectivity index (χ3n) is 5.63. The summed E-state index contributed by atoms with van der Waals surface area (Å²) in [7, 11) is 0. The van der Waals surface area contributed by atoms with Crippen LogP contribution in [0.25, 0.3) is 11.4 Å². The molecule has 2 heterocycles. The van der Waals surface area contributed by atoms with Crippen LogP contribution in [0, 0.1) is 6.92 Å². The fourth-order valence-corrected chi connectivity index (χ4v) is 5.23. The minimum Gasteiger partial charge on any atom is -0.463 e. The molecule has 0 radical (unpaired) electrons. The van der Waals surface area contributed by atoms with E-state index in [0.29, 0.717) is 17.5 Å². The van der Waals surface area contributed by atoms with Crippen LogP contribution < -0.4 is 5.32 Å². The van der Waals surface area contributed by atoms with Gasteiger partial charge in [0.05, 0.1) is 0 Å². The number of aryl methyl sites for hydroxylation is 1. The zero-order valence-corrected chi connectivity index (χ0v) is 23.2. The van der Waals surface area contributed by atoms with E-state index in [1.165, 1.54) is 27.7 Å². The Morgan fingerprint density at radius 1 is 1.03 bits per heavy atom. The highest BCUT2D eigenvalue weighted by Gasteiger charge is 2.51. The quantitative estimate of drug-likeness (QED) is 0.259. The molecule has 1 aliphatic rings. The molecule has 1 amide bonds. The summed E-state index contributed by atoms with van der Waals surface area (Å²) < 4.78 is 24.2. The topological polar surface area (TPSA) is 148 Å². The Labute approximate surface area is 230 Å². The summed E-state index contributed by atoms with van der Waals surface area (Å²) in [5.41, 5.74) is 1.02. The van der Waals surface area contributed by atoms with Crippen molar-refractivity contribution in [2.75, 3.05) is 6.61 Å². The molecule has 2 aromatic rings. The molecule has 0 saturated carbocycles. The number of nitrogens with zero attached hydrogens (tertiary/aromatic N) is 3. The number of thioether (sulfide) groups is 1. The maximum atomic E-state index is 12.2. The largest absolute Gasteiger partial charge is 0.463 e. The molecule has 3 rings (SSSR count). The summed E-state index contributed by atoms with van der Waals surface area (Å²) in [6, 6.07) is 6.82. The summed E-state index contributed by atoms with van der Waals surface area (Å²) in [4.78, 5) is 47.8. The third kappa shape index (κ3) is 7.90. The molecule has 12 nitrogen and oxygen atoms in total. The molecule has 1 N–H and O–H groups in total. The van der Waals surface area contributed by atoms with Gasteiger partial charge in [-0.2, -0.15) is 0 Å². The molecule has 0 bridgehead atoms. The number of rotatable bonds is 10. The first-order valence-corrected chi connectivity index (χ1v) is 13.1. The van der Waals surface area contributed by atoms with E-state index in [9.17, 15) is 19.2 Å². The lowest BCUT2D eigenvalue weighted by molar-refractivity contribution is -0.211. The second-order valence-corrected chi connectivity index (χ2v) is 9.97. The van der Waals surface area contributed by atoms with Gasteiger partial charge in [-0.25, -0.2) is 0 Å². The van der Waals surface area contributed by atoms with Crippen LogP contribution in [0.5, 0.6) is 0 Å². The fraction of sp³-hybridized carbons (Fsp3) is 0.462. The van der Waals surface area contributed by atoms with Crippen molar-refractivity contribution in [3.8, 4) is 11.4 Å². The molecule has 1 saturated heterocycles. The highest BCUT2D eigenvalue weighted by molar-refractivity contribution is 7.99. The normalized spacial score (nSPS) is 22.4. The number of nitrogens with one attached hydrogen (secondary N) is 1. The number of hydrogen-bond donors (Lipinski definition) is 1. The van der Waals surface area contributed by atoms with Crippen LogP contribution >= 0.6 is 11.8 Å². The summed E-state index contributed by atoms with van der Waals surface area (Å²) >= 11 is 1.12. The van der Waals surface area contributed by atoms with Gasteiger partial charge in [0, 0.05) is 39.8 Å². The molecule has 0 aliphatic carbocycles. The van der Waals surface area contributed by atoms with Gasteiger partial charge in [-0.1, -0.05) is 47.7 Å². The van der Waals surface area contributed by atoms with Crippen LogP contribution in [0.2, 0.25) is 0 Å². The van der Waals surface area contributed by atoms with E-state index in [0.717, 1.165) is 22.9 Å². The Bertz CT molecular complexity index is 1220. The van der Waals surface area contributed by atoms with Crippen molar-refractivity contribution in [2.24, 2.45) is 0 Å². The van der Waals surface area contributed by atoms with Crippen molar-refractivity contribution in [2.45, 2.75) is 76.1 Å². The van der Waals surface area contributed by atoms with Crippen molar-refractivity contribution in [3.63, 3.8) is 0 Å². The van der Waals surface area contributed by atoms with E-state index in [4.69, 9.17) is 18.9 Å². The fourth-order valence-electron chi connectivity index (χ4n) is 4.08. The molecule has 0 spiro atoms. The number of hydrogen-bond acceptors (Lipinski definition) is 11. The van der Waals surface area contributed by atoms with Gasteiger partial charge < -0.3 is 24.3 Å². The summed E-state index contributed by atoms with van der Waals surface area (Å²) in [5.74, 6) is -1.75. The average Bonchev–Trinajstić information content (AvgIpc) is 3.23. The maximum Gasteiger partial charge on any atom is 0.303 e. The van der Waals surface area contributed by atoms with Gasteiger partial charge in [-0.05, 0) is 6.92 Å². The number of amides is 1. The Kier molecular flexibility index (Phi) is 10.2. The Morgan fingerprint density at radius 2 is 1.67 bits per heavy atom. The molecular formula is C26H32N4O8S. The molecule has 210 valence electrons. The first kappa shape index (κ1) is 29.8. The van der Waals surface area contributed by atoms with Crippen LogP contribution in [0.1, 0.15) is 33.3 Å². The van der Waals surface area contributed by atoms with Crippen molar-refractivity contribution >= 4 is 35.6 Å². The van der Waals surface area contributed by atoms with Crippen LogP contribution in [0.15, 0.2) is 42.1 Å². The average molecular weight is 561 g/mol.